The molecule has 0 N–H and O–H groups in total. The van der Waals surface area contributed by atoms with Crippen molar-refractivity contribution in [3.05, 3.63) is 64.8 Å². The first kappa shape index (κ1) is 16.1. The van der Waals surface area contributed by atoms with Gasteiger partial charge in [0.15, 0.2) is 5.69 Å². The minimum Gasteiger partial charge on any atom is -0.373 e. The highest BCUT2D eigenvalue weighted by molar-refractivity contribution is 5.46. The van der Waals surface area contributed by atoms with E-state index in [1.165, 1.54) is 17.0 Å². The Balaban J connectivity index is 1.83. The molecule has 0 fully saturated rings. The van der Waals surface area contributed by atoms with Crippen LogP contribution >= 0.6 is 0 Å². The van der Waals surface area contributed by atoms with Crippen molar-refractivity contribution < 1.29 is 13.2 Å². The van der Waals surface area contributed by atoms with E-state index in [0.717, 1.165) is 16.3 Å². The van der Waals surface area contributed by atoms with Crippen LogP contribution in [0.3, 0.4) is 0 Å². The highest BCUT2D eigenvalue weighted by Gasteiger charge is 2.34. The second kappa shape index (κ2) is 6.03. The second-order valence-corrected chi connectivity index (χ2v) is 5.41. The molecule has 0 bridgehead atoms. The normalized spacial score (nSPS) is 11.8. The SMILES string of the molecule is CN(CCn1ccn2nc(C(F)(F)F)cc2c1=O)c1ccccc1. The fraction of sp³-hybridized carbons (Fsp3) is 0.250. The van der Waals surface area contributed by atoms with Crippen LogP contribution in [0.25, 0.3) is 5.52 Å². The van der Waals surface area contributed by atoms with E-state index in [9.17, 15) is 18.0 Å². The molecule has 1 aromatic carbocycles. The summed E-state index contributed by atoms with van der Waals surface area (Å²) in [5, 5.41) is 3.40. The first-order chi connectivity index (χ1) is 11.4. The predicted molar refractivity (Wildman–Crippen MR) is 84.2 cm³/mol. The molecule has 2 heterocycles. The summed E-state index contributed by atoms with van der Waals surface area (Å²) >= 11 is 0. The number of likely N-dealkylation sites (N-methyl/N-ethyl adjacent to an activating group) is 1. The van der Waals surface area contributed by atoms with Gasteiger partial charge in [0.25, 0.3) is 5.56 Å². The lowest BCUT2D eigenvalue weighted by atomic mass is 10.3. The Labute approximate surface area is 135 Å². The maximum atomic E-state index is 12.7. The third-order valence-corrected chi connectivity index (χ3v) is 3.77. The van der Waals surface area contributed by atoms with Gasteiger partial charge in [-0.3, -0.25) is 4.79 Å². The van der Waals surface area contributed by atoms with Crippen LogP contribution in [0.15, 0.2) is 53.6 Å². The van der Waals surface area contributed by atoms with Crippen molar-refractivity contribution >= 4 is 11.2 Å². The fourth-order valence-electron chi connectivity index (χ4n) is 2.41. The van der Waals surface area contributed by atoms with E-state index in [1.54, 1.807) is 0 Å². The smallest absolute Gasteiger partial charge is 0.373 e. The van der Waals surface area contributed by atoms with Gasteiger partial charge >= 0.3 is 6.18 Å². The van der Waals surface area contributed by atoms with E-state index in [0.29, 0.717) is 13.1 Å². The number of hydrogen-bond acceptors (Lipinski definition) is 3. The lowest BCUT2D eigenvalue weighted by molar-refractivity contribution is -0.141. The summed E-state index contributed by atoms with van der Waals surface area (Å²) in [4.78, 5) is 14.3. The minimum atomic E-state index is -4.57. The largest absolute Gasteiger partial charge is 0.435 e. The van der Waals surface area contributed by atoms with Crippen LogP contribution in [0.5, 0.6) is 0 Å². The summed E-state index contributed by atoms with van der Waals surface area (Å²) in [6.45, 7) is 0.896. The molecule has 0 aliphatic carbocycles. The number of benzene rings is 1. The van der Waals surface area contributed by atoms with E-state index < -0.39 is 17.4 Å². The molecule has 0 amide bonds. The van der Waals surface area contributed by atoms with Gasteiger partial charge in [-0.1, -0.05) is 18.2 Å². The highest BCUT2D eigenvalue weighted by atomic mass is 19.4. The number of fused-ring (bicyclic) bond motifs is 1. The van der Waals surface area contributed by atoms with Gasteiger partial charge in [-0.25, -0.2) is 4.52 Å². The van der Waals surface area contributed by atoms with Crippen LogP contribution in [0.2, 0.25) is 0 Å². The number of rotatable bonds is 4. The Bertz CT molecular complexity index is 899. The van der Waals surface area contributed by atoms with Crippen LogP contribution < -0.4 is 10.5 Å². The Morgan fingerprint density at radius 1 is 1.17 bits per heavy atom. The molecule has 3 rings (SSSR count). The first-order valence-electron chi connectivity index (χ1n) is 7.28. The number of aromatic nitrogens is 3. The van der Waals surface area contributed by atoms with Crippen LogP contribution in [0, 0.1) is 0 Å². The van der Waals surface area contributed by atoms with Gasteiger partial charge in [0.2, 0.25) is 0 Å². The molecule has 3 aromatic rings. The quantitative estimate of drug-likeness (QED) is 0.736. The summed E-state index contributed by atoms with van der Waals surface area (Å²) in [6.07, 6.45) is -1.77. The van der Waals surface area contributed by atoms with Gasteiger partial charge in [-0.15, -0.1) is 0 Å². The molecule has 5 nitrogen and oxygen atoms in total. The molecule has 2 aromatic heterocycles. The zero-order chi connectivity index (χ0) is 17.3. The number of anilines is 1. The molecule has 0 aliphatic rings. The molecule has 0 radical (unpaired) electrons. The van der Waals surface area contributed by atoms with Crippen LogP contribution in [-0.4, -0.2) is 27.8 Å². The summed E-state index contributed by atoms with van der Waals surface area (Å²) in [5.74, 6) is 0. The monoisotopic (exact) mass is 336 g/mol. The standard InChI is InChI=1S/C16H15F3N4O/c1-21(12-5-3-2-4-6-12)7-8-22-9-10-23-13(15(22)24)11-14(20-23)16(17,18)19/h2-6,9-11H,7-8H2,1H3. The van der Waals surface area contributed by atoms with Gasteiger partial charge in [-0.2, -0.15) is 18.3 Å². The molecule has 0 unspecified atom stereocenters. The topological polar surface area (TPSA) is 42.5 Å². The minimum absolute atomic E-state index is 0.0906. The zero-order valence-corrected chi connectivity index (χ0v) is 12.9. The van der Waals surface area contributed by atoms with Crippen molar-refractivity contribution in [1.82, 2.24) is 14.2 Å². The summed E-state index contributed by atoms with van der Waals surface area (Å²) < 4.78 is 40.5. The number of nitrogens with zero attached hydrogens (tertiary/aromatic N) is 4. The van der Waals surface area contributed by atoms with Crippen LogP contribution in [0.4, 0.5) is 18.9 Å². The Morgan fingerprint density at radius 3 is 2.54 bits per heavy atom. The molecule has 0 spiro atoms. The van der Waals surface area contributed by atoms with Crippen molar-refractivity contribution in [1.29, 1.82) is 0 Å². The third-order valence-electron chi connectivity index (χ3n) is 3.77. The third kappa shape index (κ3) is 3.12. The van der Waals surface area contributed by atoms with Crippen molar-refractivity contribution in [2.75, 3.05) is 18.5 Å². The molecule has 0 atom stereocenters. The van der Waals surface area contributed by atoms with Gasteiger partial charge < -0.3 is 9.47 Å². The molecular weight excluding hydrogens is 321 g/mol. The zero-order valence-electron chi connectivity index (χ0n) is 12.9. The average molecular weight is 336 g/mol. The maximum absolute atomic E-state index is 12.7. The van der Waals surface area contributed by atoms with Crippen LogP contribution in [-0.2, 0) is 12.7 Å². The van der Waals surface area contributed by atoms with Gasteiger partial charge in [0.1, 0.15) is 5.52 Å². The van der Waals surface area contributed by atoms with E-state index in [-0.39, 0.29) is 5.52 Å². The summed E-state index contributed by atoms with van der Waals surface area (Å²) in [5.41, 5.74) is -0.664. The maximum Gasteiger partial charge on any atom is 0.435 e. The van der Waals surface area contributed by atoms with Crippen molar-refractivity contribution in [2.24, 2.45) is 0 Å². The Kier molecular flexibility index (Phi) is 4.04. The summed E-state index contributed by atoms with van der Waals surface area (Å²) in [7, 11) is 1.89. The molecule has 8 heteroatoms. The fourth-order valence-corrected chi connectivity index (χ4v) is 2.41. The number of halogens is 3. The Hall–Kier alpha value is -2.77. The first-order valence-corrected chi connectivity index (χ1v) is 7.28. The Morgan fingerprint density at radius 2 is 1.88 bits per heavy atom. The second-order valence-electron chi connectivity index (χ2n) is 5.41. The van der Waals surface area contributed by atoms with Crippen molar-refractivity contribution in [3.63, 3.8) is 0 Å². The van der Waals surface area contributed by atoms with Crippen molar-refractivity contribution in [2.45, 2.75) is 12.7 Å². The molecule has 0 aliphatic heterocycles. The number of alkyl halides is 3. The molecule has 24 heavy (non-hydrogen) atoms. The number of hydrogen-bond donors (Lipinski definition) is 0. The van der Waals surface area contributed by atoms with Gasteiger partial charge in [-0.05, 0) is 12.1 Å². The van der Waals surface area contributed by atoms with E-state index >= 15 is 0 Å². The molecule has 0 saturated heterocycles. The lowest BCUT2D eigenvalue weighted by Crippen LogP contribution is -2.28. The average Bonchev–Trinajstić information content (AvgIpc) is 3.00. The molecule has 0 saturated carbocycles. The van der Waals surface area contributed by atoms with E-state index in [4.69, 9.17) is 0 Å². The lowest BCUT2D eigenvalue weighted by Gasteiger charge is -2.19. The molecular formula is C16H15F3N4O. The number of para-hydroxylation sites is 1. The van der Waals surface area contributed by atoms with E-state index in [1.807, 2.05) is 42.3 Å². The van der Waals surface area contributed by atoms with Gasteiger partial charge in [0, 0.05) is 44.3 Å². The van der Waals surface area contributed by atoms with Crippen LogP contribution in [0.1, 0.15) is 5.69 Å². The predicted octanol–water partition coefficient (Wildman–Crippen LogP) is 2.65. The molecule has 126 valence electrons. The van der Waals surface area contributed by atoms with Crippen molar-refractivity contribution in [3.8, 4) is 0 Å². The van der Waals surface area contributed by atoms with E-state index in [2.05, 4.69) is 5.10 Å². The van der Waals surface area contributed by atoms with Gasteiger partial charge in [0.05, 0.1) is 0 Å². The summed E-state index contributed by atoms with van der Waals surface area (Å²) in [6, 6.07) is 10.4. The highest BCUT2D eigenvalue weighted by Crippen LogP contribution is 2.28.